The van der Waals surface area contributed by atoms with Gasteiger partial charge in [-0.2, -0.15) is 0 Å². The Morgan fingerprint density at radius 1 is 1.22 bits per heavy atom. The highest BCUT2D eigenvalue weighted by Gasteiger charge is 1.97. The zero-order valence-electron chi connectivity index (χ0n) is 4.37. The highest BCUT2D eigenvalue weighted by molar-refractivity contribution is 9.10. The fourth-order valence-corrected chi connectivity index (χ4v) is 0.821. The molecule has 1 aromatic carbocycles. The predicted octanol–water partition coefficient (Wildman–Crippen LogP) is 2.73. The van der Waals surface area contributed by atoms with E-state index >= 15 is 0 Å². The lowest BCUT2D eigenvalue weighted by Gasteiger charge is -1.90. The summed E-state index contributed by atoms with van der Waals surface area (Å²) in [5.74, 6) is -0.889. The maximum absolute atomic E-state index is 12.3. The van der Waals surface area contributed by atoms with Crippen molar-refractivity contribution in [2.75, 3.05) is 0 Å². The predicted molar refractivity (Wildman–Crippen MR) is 34.1 cm³/mol. The fraction of sp³-hybridized carbons (Fsp3) is 0. The highest BCUT2D eigenvalue weighted by Crippen LogP contribution is 2.15. The van der Waals surface area contributed by atoms with Crippen LogP contribution in [0.15, 0.2) is 22.7 Å². The van der Waals surface area contributed by atoms with Crippen molar-refractivity contribution in [3.63, 3.8) is 0 Å². The lowest BCUT2D eigenvalue weighted by molar-refractivity contribution is 0.594. The lowest BCUT2D eigenvalue weighted by Crippen LogP contribution is -1.77. The lowest BCUT2D eigenvalue weighted by atomic mass is 11.3. The van der Waals surface area contributed by atoms with Gasteiger partial charge in [0.1, 0.15) is 11.6 Å². The van der Waals surface area contributed by atoms with Crippen molar-refractivity contribution in [3.05, 3.63) is 34.3 Å². The summed E-state index contributed by atoms with van der Waals surface area (Å²) in [6.07, 6.45) is 0. The zero-order chi connectivity index (χ0) is 6.85. The third-order valence-corrected chi connectivity index (χ3v) is 1.49. The largest absolute Gasteiger partial charge is 0.207 e. The van der Waals surface area contributed by atoms with Crippen molar-refractivity contribution in [1.29, 1.82) is 0 Å². The summed E-state index contributed by atoms with van der Waals surface area (Å²) in [6, 6.07) is 3.22. The molecule has 1 rings (SSSR count). The molecule has 0 saturated carbocycles. The van der Waals surface area contributed by atoms with Gasteiger partial charge in [-0.05, 0) is 34.1 Å². The monoisotopic (exact) mass is 198 g/mol. The van der Waals surface area contributed by atoms with Crippen LogP contribution in [-0.2, 0) is 0 Å². The first-order valence-corrected chi connectivity index (χ1v) is 3.10. The summed E-state index contributed by atoms with van der Waals surface area (Å²) in [7, 11) is 0. The average molecular weight is 199 g/mol. The molecule has 0 atom stereocenters. The fourth-order valence-electron chi connectivity index (χ4n) is 0.470. The molecule has 0 fully saturated rings. The van der Waals surface area contributed by atoms with E-state index < -0.39 is 11.6 Å². The molecule has 0 N–H and O–H groups in total. The molecule has 9 heavy (non-hydrogen) atoms. The van der Waals surface area contributed by atoms with E-state index in [2.05, 4.69) is 15.9 Å². The molecule has 0 bridgehead atoms. The summed E-state index contributed by atoms with van der Waals surface area (Å²) >= 11 is 2.83. The van der Waals surface area contributed by atoms with Crippen LogP contribution in [0.5, 0.6) is 0 Å². The molecule has 0 amide bonds. The molecule has 0 nitrogen and oxygen atoms in total. The standard InChI is InChI=1S/C6H3BrF2/c7-5-3-4(8)1-2-6(5)9/h1-3H/i1+1,2+1,3+1,4+1,5+1,6+1. The van der Waals surface area contributed by atoms with Crippen LogP contribution in [0.4, 0.5) is 8.78 Å². The van der Waals surface area contributed by atoms with Gasteiger partial charge >= 0.3 is 0 Å². The van der Waals surface area contributed by atoms with E-state index in [1.807, 2.05) is 0 Å². The number of benzene rings is 1. The Morgan fingerprint density at radius 2 is 1.89 bits per heavy atom. The molecule has 0 aromatic heterocycles. The van der Waals surface area contributed by atoms with Gasteiger partial charge in [-0.25, -0.2) is 8.78 Å². The summed E-state index contributed by atoms with van der Waals surface area (Å²) < 4.78 is 24.6. The van der Waals surface area contributed by atoms with Crippen molar-refractivity contribution in [2.45, 2.75) is 0 Å². The second-order valence-corrected chi connectivity index (χ2v) is 2.41. The molecule has 1 aromatic rings. The van der Waals surface area contributed by atoms with Crippen LogP contribution in [0.25, 0.3) is 0 Å². The first-order valence-electron chi connectivity index (χ1n) is 2.30. The van der Waals surface area contributed by atoms with E-state index in [1.165, 1.54) is 0 Å². The van der Waals surface area contributed by atoms with Crippen molar-refractivity contribution in [3.8, 4) is 0 Å². The minimum atomic E-state index is -0.448. The van der Waals surface area contributed by atoms with Gasteiger partial charge in [0, 0.05) is 0 Å². The van der Waals surface area contributed by atoms with Gasteiger partial charge in [-0.1, -0.05) is 0 Å². The molecule has 0 aliphatic heterocycles. The first kappa shape index (κ1) is 6.68. The molecule has 0 unspecified atom stereocenters. The highest BCUT2D eigenvalue weighted by atomic mass is 79.9. The molecule has 0 saturated heterocycles. The zero-order valence-corrected chi connectivity index (χ0v) is 5.95. The summed E-state index contributed by atoms with van der Waals surface area (Å²) in [4.78, 5) is 0. The summed E-state index contributed by atoms with van der Waals surface area (Å²) in [5.41, 5.74) is 0. The second kappa shape index (κ2) is 2.43. The SMILES string of the molecule is F[13c]1[13cH][13cH][13c](F)[13c](Br)[13cH]1. The molecule has 3 heteroatoms. The van der Waals surface area contributed by atoms with Crippen LogP contribution in [-0.4, -0.2) is 0 Å². The molecule has 0 aliphatic carbocycles. The third-order valence-electron chi connectivity index (χ3n) is 0.882. The van der Waals surface area contributed by atoms with Crippen LogP contribution in [0.1, 0.15) is 0 Å². The Bertz CT molecular complexity index is 222. The topological polar surface area (TPSA) is 0 Å². The Labute approximate surface area is 59.6 Å². The molecule has 0 radical (unpaired) electrons. The van der Waals surface area contributed by atoms with Crippen LogP contribution >= 0.6 is 15.9 Å². The Balaban J connectivity index is 3.17. The normalized spacial score (nSPS) is 9.67. The van der Waals surface area contributed by atoms with Crippen LogP contribution in [0.3, 0.4) is 0 Å². The molecule has 48 valence electrons. The summed E-state index contributed by atoms with van der Waals surface area (Å²) in [6.45, 7) is 0. The minimum absolute atomic E-state index is 0.155. The smallest absolute Gasteiger partial charge is 0.137 e. The Hall–Kier alpha value is -0.440. The third kappa shape index (κ3) is 1.48. The van der Waals surface area contributed by atoms with E-state index in [-0.39, 0.29) is 4.47 Å². The van der Waals surface area contributed by atoms with Crippen LogP contribution in [0, 0.1) is 11.6 Å². The van der Waals surface area contributed by atoms with E-state index in [0.29, 0.717) is 0 Å². The molecular weight excluding hydrogens is 196 g/mol. The molecule has 0 spiro atoms. The second-order valence-electron chi connectivity index (χ2n) is 1.56. The van der Waals surface area contributed by atoms with E-state index in [9.17, 15) is 8.78 Å². The molecule has 0 heterocycles. The Morgan fingerprint density at radius 3 is 2.33 bits per heavy atom. The van der Waals surface area contributed by atoms with Crippen molar-refractivity contribution < 1.29 is 8.78 Å². The quantitative estimate of drug-likeness (QED) is 0.563. The number of halogens is 3. The van der Waals surface area contributed by atoms with Gasteiger partial charge in [-0.15, -0.1) is 0 Å². The molecule has 0 aliphatic rings. The maximum atomic E-state index is 12.3. The van der Waals surface area contributed by atoms with Crippen molar-refractivity contribution >= 4 is 15.9 Å². The minimum Gasteiger partial charge on any atom is -0.207 e. The summed E-state index contributed by atoms with van der Waals surface area (Å²) in [5, 5.41) is 0. The average Bonchev–Trinajstić information content (AvgIpc) is 1.80. The van der Waals surface area contributed by atoms with Crippen LogP contribution in [0.2, 0.25) is 0 Å². The van der Waals surface area contributed by atoms with Gasteiger partial charge < -0.3 is 0 Å². The Kier molecular flexibility index (Phi) is 1.81. The van der Waals surface area contributed by atoms with Gasteiger partial charge in [0.05, 0.1) is 4.47 Å². The van der Waals surface area contributed by atoms with E-state index in [0.717, 1.165) is 18.2 Å². The van der Waals surface area contributed by atoms with Crippen LogP contribution < -0.4 is 0 Å². The van der Waals surface area contributed by atoms with Gasteiger partial charge in [0.25, 0.3) is 0 Å². The maximum Gasteiger partial charge on any atom is 0.137 e. The number of rotatable bonds is 0. The van der Waals surface area contributed by atoms with Gasteiger partial charge in [-0.3, -0.25) is 0 Å². The van der Waals surface area contributed by atoms with Crippen molar-refractivity contribution in [2.24, 2.45) is 0 Å². The number of hydrogen-bond donors (Lipinski definition) is 0. The van der Waals surface area contributed by atoms with Crippen molar-refractivity contribution in [1.82, 2.24) is 0 Å². The van der Waals surface area contributed by atoms with E-state index in [4.69, 9.17) is 0 Å². The van der Waals surface area contributed by atoms with E-state index in [1.54, 1.807) is 0 Å². The number of hydrogen-bond acceptors (Lipinski definition) is 0. The first-order chi connectivity index (χ1) is 4.20. The van der Waals surface area contributed by atoms with Gasteiger partial charge in [0.2, 0.25) is 0 Å². The van der Waals surface area contributed by atoms with Gasteiger partial charge in [0.15, 0.2) is 0 Å². The molecular formula is C6H3BrF2.